The minimum absolute atomic E-state index is 0.188. The first-order valence-corrected chi connectivity index (χ1v) is 6.42. The van der Waals surface area contributed by atoms with Crippen LogP contribution >= 0.6 is 0 Å². The topological polar surface area (TPSA) is 99.6 Å². The number of rotatable bonds is 5. The van der Waals surface area contributed by atoms with Crippen molar-refractivity contribution in [1.82, 2.24) is 10.2 Å². The van der Waals surface area contributed by atoms with Crippen molar-refractivity contribution in [3.05, 3.63) is 41.1 Å². The van der Waals surface area contributed by atoms with Gasteiger partial charge in [0.15, 0.2) is 5.82 Å². The monoisotopic (exact) mass is 288 g/mol. The van der Waals surface area contributed by atoms with Crippen LogP contribution in [0.1, 0.15) is 28.5 Å². The molecule has 0 bridgehead atoms. The van der Waals surface area contributed by atoms with Gasteiger partial charge in [-0.1, -0.05) is 0 Å². The third kappa shape index (κ3) is 3.59. The molecule has 21 heavy (non-hydrogen) atoms. The minimum Gasteiger partial charge on any atom is -0.508 e. The van der Waals surface area contributed by atoms with Gasteiger partial charge >= 0.3 is 5.97 Å². The average molecular weight is 288 g/mol. The Balaban J connectivity index is 2.10. The maximum atomic E-state index is 11.8. The molecule has 0 aliphatic carbocycles. The Hall–Kier alpha value is -2.83. The molecule has 110 valence electrons. The van der Waals surface area contributed by atoms with Crippen LogP contribution in [0.5, 0.6) is 5.75 Å². The van der Waals surface area contributed by atoms with Crippen LogP contribution in [-0.2, 0) is 4.74 Å². The fourth-order valence-electron chi connectivity index (χ4n) is 1.69. The minimum atomic E-state index is -0.453. The molecule has 2 aromatic rings. The Labute approximate surface area is 121 Å². The summed E-state index contributed by atoms with van der Waals surface area (Å²) in [4.78, 5) is 11.8. The predicted octanol–water partition coefficient (Wildman–Crippen LogP) is 2.05. The summed E-state index contributed by atoms with van der Waals surface area (Å²) >= 11 is 0. The van der Waals surface area contributed by atoms with Crippen molar-refractivity contribution >= 4 is 18.0 Å². The molecule has 1 aromatic heterocycles. The van der Waals surface area contributed by atoms with E-state index in [9.17, 15) is 9.90 Å². The Bertz CT molecular complexity index is 647. The second kappa shape index (κ2) is 6.56. The van der Waals surface area contributed by atoms with Crippen molar-refractivity contribution in [1.29, 1.82) is 0 Å². The number of nitrogens with one attached hydrogen (secondary N) is 2. The summed E-state index contributed by atoms with van der Waals surface area (Å²) in [6, 6.07) is 6.54. The molecule has 2 rings (SSSR count). The van der Waals surface area contributed by atoms with Crippen LogP contribution in [0.2, 0.25) is 0 Å². The lowest BCUT2D eigenvalue weighted by Gasteiger charge is -2.02. The molecule has 1 heterocycles. The second-order valence-electron chi connectivity index (χ2n) is 4.25. The van der Waals surface area contributed by atoms with Gasteiger partial charge in [0.05, 0.1) is 12.8 Å². The van der Waals surface area contributed by atoms with Crippen molar-refractivity contribution in [3.8, 4) is 5.75 Å². The van der Waals surface area contributed by atoms with E-state index < -0.39 is 5.97 Å². The van der Waals surface area contributed by atoms with Crippen molar-refractivity contribution < 1.29 is 14.6 Å². The summed E-state index contributed by atoms with van der Waals surface area (Å²) in [6.45, 7) is 3.76. The van der Waals surface area contributed by atoms with Gasteiger partial charge in [0.1, 0.15) is 11.3 Å². The Morgan fingerprint density at radius 3 is 2.86 bits per heavy atom. The number of phenolic OH excluding ortho intramolecular Hbond substituents is 1. The normalized spacial score (nSPS) is 10.8. The van der Waals surface area contributed by atoms with E-state index in [2.05, 4.69) is 20.7 Å². The van der Waals surface area contributed by atoms with Gasteiger partial charge in [0, 0.05) is 5.69 Å². The molecule has 0 radical (unpaired) electrons. The number of anilines is 1. The molecule has 1 aromatic carbocycles. The molecule has 0 unspecified atom stereocenters. The molecule has 0 saturated heterocycles. The average Bonchev–Trinajstić information content (AvgIpc) is 2.82. The molecule has 0 saturated carbocycles. The number of aromatic amines is 1. The zero-order chi connectivity index (χ0) is 15.2. The van der Waals surface area contributed by atoms with Crippen molar-refractivity contribution in [2.24, 2.45) is 5.10 Å². The Kier molecular flexibility index (Phi) is 4.55. The van der Waals surface area contributed by atoms with Gasteiger partial charge in [-0.05, 0) is 43.7 Å². The first kappa shape index (κ1) is 14.6. The van der Waals surface area contributed by atoms with E-state index in [1.165, 1.54) is 0 Å². The molecule has 7 heteroatoms. The maximum Gasteiger partial charge on any atom is 0.343 e. The Morgan fingerprint density at radius 2 is 2.19 bits per heavy atom. The van der Waals surface area contributed by atoms with Gasteiger partial charge in [-0.25, -0.2) is 4.79 Å². The third-order valence-electron chi connectivity index (χ3n) is 2.70. The van der Waals surface area contributed by atoms with Crippen molar-refractivity contribution in [2.75, 3.05) is 12.0 Å². The Morgan fingerprint density at radius 1 is 1.48 bits per heavy atom. The summed E-state index contributed by atoms with van der Waals surface area (Å²) < 4.78 is 4.97. The molecule has 0 atom stereocenters. The first-order valence-electron chi connectivity index (χ1n) is 6.42. The van der Waals surface area contributed by atoms with Crippen LogP contribution in [0.15, 0.2) is 29.4 Å². The molecule has 0 fully saturated rings. The molecule has 7 nitrogen and oxygen atoms in total. The quantitative estimate of drug-likeness (QED) is 0.444. The summed E-state index contributed by atoms with van der Waals surface area (Å²) in [5.74, 6) is 0.0414. The third-order valence-corrected chi connectivity index (χ3v) is 2.70. The highest BCUT2D eigenvalue weighted by atomic mass is 16.5. The summed E-state index contributed by atoms with van der Waals surface area (Å²) in [6.07, 6.45) is 1.55. The first-order chi connectivity index (χ1) is 10.1. The molecule has 0 aliphatic rings. The number of hydrogen-bond donors (Lipinski definition) is 3. The van der Waals surface area contributed by atoms with Crippen LogP contribution in [-0.4, -0.2) is 34.1 Å². The number of hydrazone groups is 1. The van der Waals surface area contributed by atoms with Crippen LogP contribution in [0.4, 0.5) is 5.82 Å². The molecule has 0 aliphatic heterocycles. The van der Waals surface area contributed by atoms with Gasteiger partial charge in [0.25, 0.3) is 0 Å². The standard InChI is InChI=1S/C14H16N4O3/c1-3-21-14(20)12-9(2)16-18-13(12)17-15-8-10-4-6-11(19)7-5-10/h4-8,19H,3H2,1-2H3,(H2,16,17,18)/b15-8-. The molecular weight excluding hydrogens is 272 g/mol. The summed E-state index contributed by atoms with van der Waals surface area (Å²) in [5, 5.41) is 19.9. The van der Waals surface area contributed by atoms with Crippen LogP contribution in [0.25, 0.3) is 0 Å². The highest BCUT2D eigenvalue weighted by molar-refractivity contribution is 5.96. The summed E-state index contributed by atoms with van der Waals surface area (Å²) in [7, 11) is 0. The number of nitrogens with zero attached hydrogens (tertiary/aromatic N) is 2. The van der Waals surface area contributed by atoms with Crippen LogP contribution in [0, 0.1) is 6.92 Å². The molecule has 3 N–H and O–H groups in total. The van der Waals surface area contributed by atoms with Crippen molar-refractivity contribution in [2.45, 2.75) is 13.8 Å². The van der Waals surface area contributed by atoms with Crippen LogP contribution in [0.3, 0.4) is 0 Å². The van der Waals surface area contributed by atoms with Crippen molar-refractivity contribution in [3.63, 3.8) is 0 Å². The highest BCUT2D eigenvalue weighted by Crippen LogP contribution is 2.17. The molecule has 0 spiro atoms. The predicted molar refractivity (Wildman–Crippen MR) is 78.6 cm³/mol. The van der Waals surface area contributed by atoms with Gasteiger partial charge in [-0.2, -0.15) is 10.2 Å². The number of aryl methyl sites for hydroxylation is 1. The smallest absolute Gasteiger partial charge is 0.343 e. The number of aromatic nitrogens is 2. The fraction of sp³-hybridized carbons (Fsp3) is 0.214. The van der Waals surface area contributed by atoms with E-state index >= 15 is 0 Å². The van der Waals surface area contributed by atoms with Gasteiger partial charge in [0.2, 0.25) is 0 Å². The van der Waals surface area contributed by atoms with E-state index in [1.807, 2.05) is 0 Å². The maximum absolute atomic E-state index is 11.8. The largest absolute Gasteiger partial charge is 0.508 e. The number of aromatic hydroxyl groups is 1. The lowest BCUT2D eigenvalue weighted by atomic mass is 10.2. The van der Waals surface area contributed by atoms with Gasteiger partial charge < -0.3 is 9.84 Å². The van der Waals surface area contributed by atoms with Gasteiger partial charge in [-0.3, -0.25) is 10.5 Å². The number of ether oxygens (including phenoxy) is 1. The van der Waals surface area contributed by atoms with Crippen LogP contribution < -0.4 is 5.43 Å². The van der Waals surface area contributed by atoms with E-state index in [0.717, 1.165) is 5.56 Å². The van der Waals surface area contributed by atoms with E-state index in [4.69, 9.17) is 4.74 Å². The lowest BCUT2D eigenvalue weighted by molar-refractivity contribution is 0.0526. The zero-order valence-electron chi connectivity index (χ0n) is 11.8. The number of carbonyl (C=O) groups is 1. The molecular formula is C14H16N4O3. The fourth-order valence-corrected chi connectivity index (χ4v) is 1.69. The number of hydrogen-bond acceptors (Lipinski definition) is 6. The second-order valence-corrected chi connectivity index (χ2v) is 4.25. The lowest BCUT2D eigenvalue weighted by Crippen LogP contribution is -2.08. The summed E-state index contributed by atoms with van der Waals surface area (Å²) in [5.41, 5.74) is 4.44. The number of esters is 1. The SMILES string of the molecule is CCOC(=O)c1c(N/N=C\c2ccc(O)cc2)n[nH]c1C. The van der Waals surface area contributed by atoms with E-state index in [1.54, 1.807) is 44.3 Å². The van der Waals surface area contributed by atoms with E-state index in [0.29, 0.717) is 23.7 Å². The number of phenols is 1. The zero-order valence-corrected chi connectivity index (χ0v) is 11.8. The number of benzene rings is 1. The van der Waals surface area contributed by atoms with Gasteiger partial charge in [-0.15, -0.1) is 0 Å². The number of H-pyrrole nitrogens is 1. The number of carbonyl (C=O) groups excluding carboxylic acids is 1. The molecule has 0 amide bonds. The van der Waals surface area contributed by atoms with E-state index in [-0.39, 0.29) is 5.75 Å². The highest BCUT2D eigenvalue weighted by Gasteiger charge is 2.18.